The van der Waals surface area contributed by atoms with Gasteiger partial charge in [0.2, 0.25) is 0 Å². The van der Waals surface area contributed by atoms with Crippen LogP contribution in [-0.2, 0) is 6.42 Å². The molecule has 2 heterocycles. The van der Waals surface area contributed by atoms with E-state index in [1.165, 1.54) is 4.88 Å². The third-order valence-corrected chi connectivity index (χ3v) is 4.51. The summed E-state index contributed by atoms with van der Waals surface area (Å²) in [6.45, 7) is 2.03. The van der Waals surface area contributed by atoms with Crippen LogP contribution >= 0.6 is 34.5 Å². The van der Waals surface area contributed by atoms with Gasteiger partial charge in [-0.05, 0) is 23.9 Å². The van der Waals surface area contributed by atoms with E-state index in [4.69, 9.17) is 23.2 Å². The third-order valence-electron chi connectivity index (χ3n) is 3.09. The van der Waals surface area contributed by atoms with Crippen molar-refractivity contribution in [3.05, 3.63) is 68.3 Å². The summed E-state index contributed by atoms with van der Waals surface area (Å²) >= 11 is 14.3. The Hall–Kier alpha value is -1.42. The molecule has 0 bridgehead atoms. The van der Waals surface area contributed by atoms with Crippen LogP contribution < -0.4 is 0 Å². The highest BCUT2D eigenvalue weighted by molar-refractivity contribution is 7.09. The van der Waals surface area contributed by atoms with E-state index in [1.54, 1.807) is 11.3 Å². The summed E-state index contributed by atoms with van der Waals surface area (Å²) in [6, 6.07) is 12.0. The van der Waals surface area contributed by atoms with Crippen molar-refractivity contribution in [1.82, 2.24) is 9.97 Å². The summed E-state index contributed by atoms with van der Waals surface area (Å²) in [5.74, 6) is 0.642. The number of aryl methyl sites for hydroxylation is 1. The molecule has 0 radical (unpaired) electrons. The number of hydrogen-bond donors (Lipinski definition) is 0. The van der Waals surface area contributed by atoms with Crippen molar-refractivity contribution in [3.8, 4) is 11.1 Å². The van der Waals surface area contributed by atoms with Gasteiger partial charge in [0.05, 0.1) is 5.56 Å². The van der Waals surface area contributed by atoms with Crippen molar-refractivity contribution in [3.63, 3.8) is 0 Å². The summed E-state index contributed by atoms with van der Waals surface area (Å²) in [5, 5.41) is 2.82. The van der Waals surface area contributed by atoms with Crippen LogP contribution in [0.2, 0.25) is 10.3 Å². The van der Waals surface area contributed by atoms with Crippen molar-refractivity contribution in [2.24, 2.45) is 0 Å². The molecule has 3 aromatic rings. The first kappa shape index (κ1) is 14.5. The van der Waals surface area contributed by atoms with Gasteiger partial charge >= 0.3 is 0 Å². The monoisotopic (exact) mass is 334 g/mol. The predicted octanol–water partition coefficient (Wildman–Crippen LogP) is 5.41. The van der Waals surface area contributed by atoms with E-state index in [0.29, 0.717) is 28.1 Å². The van der Waals surface area contributed by atoms with Crippen molar-refractivity contribution in [2.45, 2.75) is 13.3 Å². The molecule has 0 unspecified atom stereocenters. The Morgan fingerprint density at radius 1 is 1.05 bits per heavy atom. The average Bonchev–Trinajstić information content (AvgIpc) is 2.91. The lowest BCUT2D eigenvalue weighted by atomic mass is 10.1. The Morgan fingerprint density at radius 2 is 1.81 bits per heavy atom. The molecule has 2 nitrogen and oxygen atoms in total. The lowest BCUT2D eigenvalue weighted by Crippen LogP contribution is -1.99. The highest BCUT2D eigenvalue weighted by Gasteiger charge is 2.14. The maximum atomic E-state index is 6.33. The Balaban J connectivity index is 2.00. The van der Waals surface area contributed by atoms with E-state index in [1.807, 2.05) is 48.7 Å². The zero-order valence-corrected chi connectivity index (χ0v) is 13.6. The maximum absolute atomic E-state index is 6.33. The van der Waals surface area contributed by atoms with Crippen LogP contribution in [0.15, 0.2) is 41.8 Å². The van der Waals surface area contributed by atoms with E-state index in [2.05, 4.69) is 9.97 Å². The van der Waals surface area contributed by atoms with Crippen LogP contribution in [0.3, 0.4) is 0 Å². The molecule has 0 spiro atoms. The summed E-state index contributed by atoms with van der Waals surface area (Å²) < 4.78 is 0. The standard InChI is InChI=1S/C16H12Cl2N2S/c1-10-4-2-5-11(8-10)14-15(17)19-13(20-16(14)18)9-12-6-3-7-21-12/h2-8H,9H2,1H3. The van der Waals surface area contributed by atoms with E-state index >= 15 is 0 Å². The van der Waals surface area contributed by atoms with Gasteiger partial charge < -0.3 is 0 Å². The Kier molecular flexibility index (Phi) is 4.24. The molecule has 0 amide bonds. The van der Waals surface area contributed by atoms with Crippen LogP contribution in [0.25, 0.3) is 11.1 Å². The summed E-state index contributed by atoms with van der Waals surface area (Å²) in [7, 11) is 0. The summed E-state index contributed by atoms with van der Waals surface area (Å²) in [6.07, 6.45) is 0.644. The average molecular weight is 335 g/mol. The van der Waals surface area contributed by atoms with Gasteiger partial charge in [0.25, 0.3) is 0 Å². The molecule has 0 atom stereocenters. The van der Waals surface area contributed by atoms with Gasteiger partial charge in [-0.1, -0.05) is 59.1 Å². The third kappa shape index (κ3) is 3.26. The first-order valence-corrected chi connectivity index (χ1v) is 8.08. The first-order chi connectivity index (χ1) is 10.1. The molecule has 0 N–H and O–H groups in total. The van der Waals surface area contributed by atoms with Crippen LogP contribution in [-0.4, -0.2) is 9.97 Å². The van der Waals surface area contributed by atoms with Crippen molar-refractivity contribution in [2.75, 3.05) is 0 Å². The molecule has 2 aromatic heterocycles. The summed E-state index contributed by atoms with van der Waals surface area (Å²) in [5.41, 5.74) is 2.77. The molecule has 0 aliphatic rings. The highest BCUT2D eigenvalue weighted by Crippen LogP contribution is 2.33. The molecule has 0 aliphatic heterocycles. The molecular weight excluding hydrogens is 323 g/mol. The molecule has 5 heteroatoms. The van der Waals surface area contributed by atoms with E-state index < -0.39 is 0 Å². The second kappa shape index (κ2) is 6.14. The van der Waals surface area contributed by atoms with Gasteiger partial charge in [0, 0.05) is 11.3 Å². The fraction of sp³-hybridized carbons (Fsp3) is 0.125. The minimum Gasteiger partial charge on any atom is -0.220 e. The van der Waals surface area contributed by atoms with E-state index in [9.17, 15) is 0 Å². The Morgan fingerprint density at radius 3 is 2.43 bits per heavy atom. The lowest BCUT2D eigenvalue weighted by Gasteiger charge is -2.09. The van der Waals surface area contributed by atoms with Gasteiger partial charge in [-0.2, -0.15) is 0 Å². The molecule has 0 fully saturated rings. The summed E-state index contributed by atoms with van der Waals surface area (Å²) in [4.78, 5) is 9.97. The molecule has 106 valence electrons. The first-order valence-electron chi connectivity index (χ1n) is 6.45. The molecule has 0 saturated heterocycles. The molecule has 0 saturated carbocycles. The largest absolute Gasteiger partial charge is 0.220 e. The van der Waals surface area contributed by atoms with Crippen LogP contribution in [0.1, 0.15) is 16.3 Å². The van der Waals surface area contributed by atoms with Gasteiger partial charge in [0.1, 0.15) is 16.1 Å². The minimum atomic E-state index is 0.396. The molecule has 21 heavy (non-hydrogen) atoms. The minimum absolute atomic E-state index is 0.396. The van der Waals surface area contributed by atoms with Gasteiger partial charge in [-0.3, -0.25) is 0 Å². The fourth-order valence-electron chi connectivity index (χ4n) is 2.14. The van der Waals surface area contributed by atoms with E-state index in [0.717, 1.165) is 11.1 Å². The van der Waals surface area contributed by atoms with Gasteiger partial charge in [-0.15, -0.1) is 11.3 Å². The Bertz CT molecular complexity index is 747. The smallest absolute Gasteiger partial charge is 0.142 e. The zero-order chi connectivity index (χ0) is 14.8. The molecule has 0 aliphatic carbocycles. The van der Waals surface area contributed by atoms with E-state index in [-0.39, 0.29) is 0 Å². The lowest BCUT2D eigenvalue weighted by molar-refractivity contribution is 0.983. The highest BCUT2D eigenvalue weighted by atomic mass is 35.5. The molecule has 3 rings (SSSR count). The van der Waals surface area contributed by atoms with Crippen molar-refractivity contribution >= 4 is 34.5 Å². The van der Waals surface area contributed by atoms with Crippen LogP contribution in [0.5, 0.6) is 0 Å². The predicted molar refractivity (Wildman–Crippen MR) is 89.4 cm³/mol. The van der Waals surface area contributed by atoms with Crippen LogP contribution in [0.4, 0.5) is 0 Å². The second-order valence-electron chi connectivity index (χ2n) is 4.72. The normalized spacial score (nSPS) is 10.8. The number of benzene rings is 1. The number of hydrogen-bond acceptors (Lipinski definition) is 3. The van der Waals surface area contributed by atoms with Crippen molar-refractivity contribution in [1.29, 1.82) is 0 Å². The number of thiophene rings is 1. The van der Waals surface area contributed by atoms with Gasteiger partial charge in [-0.25, -0.2) is 9.97 Å². The van der Waals surface area contributed by atoms with Crippen molar-refractivity contribution < 1.29 is 0 Å². The second-order valence-corrected chi connectivity index (χ2v) is 6.47. The molecule has 1 aromatic carbocycles. The van der Waals surface area contributed by atoms with Gasteiger partial charge in [0.15, 0.2) is 0 Å². The topological polar surface area (TPSA) is 25.8 Å². The Labute approximate surface area is 137 Å². The number of rotatable bonds is 3. The quantitative estimate of drug-likeness (QED) is 0.598. The maximum Gasteiger partial charge on any atom is 0.142 e. The SMILES string of the molecule is Cc1cccc(-c2c(Cl)nc(Cc3cccs3)nc2Cl)c1. The number of nitrogens with zero attached hydrogens (tertiary/aromatic N) is 2. The van der Waals surface area contributed by atoms with Crippen LogP contribution in [0, 0.1) is 6.92 Å². The fourth-order valence-corrected chi connectivity index (χ4v) is 3.48. The number of aromatic nitrogens is 2. The number of halogens is 2. The zero-order valence-electron chi connectivity index (χ0n) is 11.3. The molecular formula is C16H12Cl2N2S.